The average molecular weight is 352 g/mol. The predicted octanol–water partition coefficient (Wildman–Crippen LogP) is 1.37. The summed E-state index contributed by atoms with van der Waals surface area (Å²) in [5.74, 6) is 0.163. The van der Waals surface area contributed by atoms with Crippen LogP contribution in [0.15, 0.2) is 42.5 Å². The van der Waals surface area contributed by atoms with E-state index in [1.54, 1.807) is 24.3 Å². The third kappa shape index (κ3) is 2.88. The van der Waals surface area contributed by atoms with E-state index in [2.05, 4.69) is 5.32 Å². The zero-order valence-electron chi connectivity index (χ0n) is 13.9. The van der Waals surface area contributed by atoms with Crippen LogP contribution in [0.25, 0.3) is 0 Å². The molecule has 2 aliphatic rings. The van der Waals surface area contributed by atoms with Gasteiger partial charge in [0.2, 0.25) is 12.7 Å². The number of hydrogen-bond acceptors (Lipinski definition) is 5. The van der Waals surface area contributed by atoms with Crippen molar-refractivity contribution in [3.8, 4) is 11.5 Å². The van der Waals surface area contributed by atoms with Gasteiger partial charge in [0, 0.05) is 6.54 Å². The van der Waals surface area contributed by atoms with Gasteiger partial charge in [-0.25, -0.2) is 0 Å². The van der Waals surface area contributed by atoms with Gasteiger partial charge in [-0.2, -0.15) is 0 Å². The van der Waals surface area contributed by atoms with Crippen LogP contribution < -0.4 is 14.8 Å². The highest BCUT2D eigenvalue weighted by atomic mass is 16.7. The lowest BCUT2D eigenvalue weighted by Gasteiger charge is -2.13. The molecule has 0 radical (unpaired) electrons. The van der Waals surface area contributed by atoms with Gasteiger partial charge in [-0.1, -0.05) is 18.2 Å². The molecule has 0 aromatic heterocycles. The summed E-state index contributed by atoms with van der Waals surface area (Å²) in [6, 6.07) is 12.2. The predicted molar refractivity (Wildman–Crippen MR) is 91.1 cm³/mol. The molecule has 0 spiro atoms. The van der Waals surface area contributed by atoms with Crippen molar-refractivity contribution in [2.45, 2.75) is 6.42 Å². The van der Waals surface area contributed by atoms with Gasteiger partial charge in [-0.15, -0.1) is 0 Å². The minimum absolute atomic E-state index is 0.218. The van der Waals surface area contributed by atoms with E-state index in [4.69, 9.17) is 9.47 Å². The molecule has 7 nitrogen and oxygen atoms in total. The van der Waals surface area contributed by atoms with Crippen LogP contribution in [0.2, 0.25) is 0 Å². The number of carbonyl (C=O) groups is 3. The average Bonchev–Trinajstić information content (AvgIpc) is 3.21. The van der Waals surface area contributed by atoms with Gasteiger partial charge in [0.1, 0.15) is 6.54 Å². The van der Waals surface area contributed by atoms with E-state index in [1.165, 1.54) is 0 Å². The third-order valence-corrected chi connectivity index (χ3v) is 4.35. The van der Waals surface area contributed by atoms with Crippen molar-refractivity contribution in [2.75, 3.05) is 19.9 Å². The summed E-state index contributed by atoms with van der Waals surface area (Å²) < 4.78 is 10.6. The van der Waals surface area contributed by atoms with Gasteiger partial charge in [-0.3, -0.25) is 19.3 Å². The quantitative estimate of drug-likeness (QED) is 0.822. The van der Waals surface area contributed by atoms with Crippen molar-refractivity contribution in [3.05, 3.63) is 59.2 Å². The Kier molecular flexibility index (Phi) is 4.04. The molecule has 26 heavy (non-hydrogen) atoms. The molecule has 3 amide bonds. The molecule has 2 aliphatic heterocycles. The number of benzene rings is 2. The second-order valence-corrected chi connectivity index (χ2v) is 6.03. The molecule has 1 N–H and O–H groups in total. The van der Waals surface area contributed by atoms with Gasteiger partial charge in [0.05, 0.1) is 11.1 Å². The van der Waals surface area contributed by atoms with Crippen molar-refractivity contribution in [1.29, 1.82) is 0 Å². The molecule has 0 saturated carbocycles. The van der Waals surface area contributed by atoms with Crippen LogP contribution in [0.4, 0.5) is 0 Å². The Morgan fingerprint density at radius 3 is 2.42 bits per heavy atom. The normalized spacial score (nSPS) is 14.5. The zero-order chi connectivity index (χ0) is 18.1. The maximum absolute atomic E-state index is 12.2. The lowest BCUT2D eigenvalue weighted by atomic mass is 10.1. The molecule has 4 rings (SSSR count). The van der Waals surface area contributed by atoms with E-state index in [-0.39, 0.29) is 19.2 Å². The minimum atomic E-state index is -0.434. The number of carbonyl (C=O) groups excluding carboxylic acids is 3. The molecule has 0 unspecified atom stereocenters. The lowest BCUT2D eigenvalue weighted by molar-refractivity contribution is -0.121. The van der Waals surface area contributed by atoms with Crippen molar-refractivity contribution in [1.82, 2.24) is 10.2 Å². The Morgan fingerprint density at radius 1 is 1.00 bits per heavy atom. The fourth-order valence-electron chi connectivity index (χ4n) is 3.02. The fourth-order valence-corrected chi connectivity index (χ4v) is 3.02. The van der Waals surface area contributed by atoms with E-state index in [9.17, 15) is 14.4 Å². The van der Waals surface area contributed by atoms with E-state index < -0.39 is 11.8 Å². The minimum Gasteiger partial charge on any atom is -0.454 e. The third-order valence-electron chi connectivity index (χ3n) is 4.35. The van der Waals surface area contributed by atoms with Gasteiger partial charge in [0.25, 0.3) is 11.8 Å². The topological polar surface area (TPSA) is 84.9 Å². The Bertz CT molecular complexity index is 874. The zero-order valence-corrected chi connectivity index (χ0v) is 13.9. The Labute approximate surface area is 149 Å². The maximum atomic E-state index is 12.2. The molecule has 0 saturated heterocycles. The smallest absolute Gasteiger partial charge is 0.262 e. The first-order valence-electron chi connectivity index (χ1n) is 8.24. The van der Waals surface area contributed by atoms with Crippen LogP contribution in [0, 0.1) is 0 Å². The summed E-state index contributed by atoms with van der Waals surface area (Å²) in [6.07, 6.45) is 0.602. The second kappa shape index (κ2) is 6.51. The highest BCUT2D eigenvalue weighted by Crippen LogP contribution is 2.32. The first-order chi connectivity index (χ1) is 12.6. The van der Waals surface area contributed by atoms with E-state index in [1.807, 2.05) is 18.2 Å². The van der Waals surface area contributed by atoms with E-state index in [0.29, 0.717) is 35.6 Å². The molecule has 0 atom stereocenters. The van der Waals surface area contributed by atoms with Crippen LogP contribution in [-0.4, -0.2) is 42.5 Å². The lowest BCUT2D eigenvalue weighted by Crippen LogP contribution is -2.40. The molecule has 132 valence electrons. The van der Waals surface area contributed by atoms with Crippen LogP contribution >= 0.6 is 0 Å². The molecule has 2 aromatic carbocycles. The number of fused-ring (bicyclic) bond motifs is 2. The second-order valence-electron chi connectivity index (χ2n) is 6.03. The summed E-state index contributed by atoms with van der Waals surface area (Å²) in [6.45, 7) is 0.324. The molecule has 7 heteroatoms. The van der Waals surface area contributed by atoms with Crippen LogP contribution in [0.5, 0.6) is 11.5 Å². The van der Waals surface area contributed by atoms with Crippen LogP contribution in [0.3, 0.4) is 0 Å². The summed E-state index contributed by atoms with van der Waals surface area (Å²) in [7, 11) is 0. The van der Waals surface area contributed by atoms with Gasteiger partial charge >= 0.3 is 0 Å². The van der Waals surface area contributed by atoms with Gasteiger partial charge in [0.15, 0.2) is 11.5 Å². The van der Waals surface area contributed by atoms with E-state index >= 15 is 0 Å². The fraction of sp³-hybridized carbons (Fsp3) is 0.211. The number of hydrogen-bond donors (Lipinski definition) is 1. The molecule has 2 aromatic rings. The number of amides is 3. The molecular formula is C19H16N2O5. The largest absolute Gasteiger partial charge is 0.454 e. The first kappa shape index (κ1) is 16.1. The number of imide groups is 1. The number of nitrogens with one attached hydrogen (secondary N) is 1. The Balaban J connectivity index is 1.31. The summed E-state index contributed by atoms with van der Waals surface area (Å²) in [4.78, 5) is 37.6. The van der Waals surface area contributed by atoms with Crippen molar-refractivity contribution in [2.24, 2.45) is 0 Å². The van der Waals surface area contributed by atoms with Crippen molar-refractivity contribution >= 4 is 17.7 Å². The molecule has 0 aliphatic carbocycles. The summed E-state index contributed by atoms with van der Waals surface area (Å²) in [5, 5.41) is 2.74. The van der Waals surface area contributed by atoms with Crippen LogP contribution in [-0.2, 0) is 11.2 Å². The molecular weight excluding hydrogens is 336 g/mol. The SMILES string of the molecule is O=C(CN1C(=O)c2ccccc2C1=O)NCCc1ccc2c(c1)OCO2. The van der Waals surface area contributed by atoms with Crippen molar-refractivity contribution < 1.29 is 23.9 Å². The summed E-state index contributed by atoms with van der Waals surface area (Å²) >= 11 is 0. The molecule has 2 heterocycles. The van der Waals surface area contributed by atoms with Crippen molar-refractivity contribution in [3.63, 3.8) is 0 Å². The maximum Gasteiger partial charge on any atom is 0.262 e. The first-order valence-corrected chi connectivity index (χ1v) is 8.24. The van der Waals surface area contributed by atoms with E-state index in [0.717, 1.165) is 10.5 Å². The number of ether oxygens (including phenoxy) is 2. The highest BCUT2D eigenvalue weighted by Gasteiger charge is 2.36. The number of nitrogens with zero attached hydrogens (tertiary/aromatic N) is 1. The highest BCUT2D eigenvalue weighted by molar-refractivity contribution is 6.22. The Hall–Kier alpha value is -3.35. The Morgan fingerprint density at radius 2 is 1.69 bits per heavy atom. The van der Waals surface area contributed by atoms with Gasteiger partial charge in [-0.05, 0) is 36.2 Å². The monoisotopic (exact) mass is 352 g/mol. The van der Waals surface area contributed by atoms with Crippen LogP contribution in [0.1, 0.15) is 26.3 Å². The summed E-state index contributed by atoms with van der Waals surface area (Å²) in [5.41, 5.74) is 1.67. The van der Waals surface area contributed by atoms with Gasteiger partial charge < -0.3 is 14.8 Å². The molecule has 0 bridgehead atoms. The number of rotatable bonds is 5. The molecule has 0 fully saturated rings. The standard InChI is InChI=1S/C19H16N2O5/c22-17(10-21-18(23)13-3-1-2-4-14(13)19(21)24)20-8-7-12-5-6-15-16(9-12)26-11-25-15/h1-6,9H,7-8,10-11H2,(H,20,22).